The largest absolute Gasteiger partial charge is 0.381 e. The van der Waals surface area contributed by atoms with E-state index in [4.69, 9.17) is 4.74 Å². The van der Waals surface area contributed by atoms with Crippen LogP contribution in [-0.2, 0) is 4.74 Å². The quantitative estimate of drug-likeness (QED) is 0.690. The van der Waals surface area contributed by atoms with Gasteiger partial charge in [0, 0.05) is 30.8 Å². The third kappa shape index (κ3) is 2.15. The number of hydrogen-bond donors (Lipinski definition) is 0. The summed E-state index contributed by atoms with van der Waals surface area (Å²) in [4.78, 5) is 2.56. The van der Waals surface area contributed by atoms with Crippen molar-refractivity contribution in [2.75, 3.05) is 26.3 Å². The molecule has 3 rings (SSSR count). The van der Waals surface area contributed by atoms with Crippen molar-refractivity contribution in [1.29, 1.82) is 0 Å². The zero-order valence-electron chi connectivity index (χ0n) is 11.0. The minimum Gasteiger partial charge on any atom is -0.381 e. The van der Waals surface area contributed by atoms with Crippen molar-refractivity contribution >= 4 is 0 Å². The van der Waals surface area contributed by atoms with Crippen LogP contribution < -0.4 is 0 Å². The maximum Gasteiger partial charge on any atom is 0.0540 e. The summed E-state index contributed by atoms with van der Waals surface area (Å²) in [6.45, 7) is 8.98. The van der Waals surface area contributed by atoms with E-state index in [-0.39, 0.29) is 0 Å². The summed E-state index contributed by atoms with van der Waals surface area (Å²) in [7, 11) is 0. The number of nitrogens with zero attached hydrogens (tertiary/aromatic N) is 1. The highest BCUT2D eigenvalue weighted by Crippen LogP contribution is 2.41. The molecule has 3 aliphatic rings. The zero-order chi connectivity index (χ0) is 11.9. The molecule has 1 atom stereocenters. The van der Waals surface area contributed by atoms with Crippen LogP contribution >= 0.6 is 0 Å². The number of hydrogen-bond acceptors (Lipinski definition) is 2. The normalized spacial score (nSPS) is 35.6. The van der Waals surface area contributed by atoms with Gasteiger partial charge in [-0.2, -0.15) is 0 Å². The van der Waals surface area contributed by atoms with Gasteiger partial charge in [0.2, 0.25) is 0 Å². The third-order valence-corrected chi connectivity index (χ3v) is 4.46. The molecule has 2 heteroatoms. The predicted molar refractivity (Wildman–Crippen MR) is 69.7 cm³/mol. The minimum absolute atomic E-state index is 0.325. The molecular weight excluding hydrogens is 210 g/mol. The Hall–Kier alpha value is -0.760. The van der Waals surface area contributed by atoms with Gasteiger partial charge in [0.1, 0.15) is 0 Å². The van der Waals surface area contributed by atoms with E-state index in [1.807, 2.05) is 0 Å². The Kier molecular flexibility index (Phi) is 2.58. The van der Waals surface area contributed by atoms with Crippen molar-refractivity contribution in [3.8, 4) is 0 Å². The minimum atomic E-state index is 0.325. The maximum atomic E-state index is 5.59. The first-order valence-electron chi connectivity index (χ1n) is 6.81. The summed E-state index contributed by atoms with van der Waals surface area (Å²) < 4.78 is 5.59. The molecule has 94 valence electrons. The summed E-state index contributed by atoms with van der Waals surface area (Å²) in [5.41, 5.74) is 2.23. The summed E-state index contributed by atoms with van der Waals surface area (Å²) >= 11 is 0. The summed E-state index contributed by atoms with van der Waals surface area (Å²) in [6.07, 6.45) is 10.8. The molecule has 1 unspecified atom stereocenters. The lowest BCUT2D eigenvalue weighted by atomic mass is 9.84. The van der Waals surface area contributed by atoms with Crippen LogP contribution in [0, 0.1) is 10.8 Å². The molecule has 1 aliphatic carbocycles. The van der Waals surface area contributed by atoms with E-state index in [0.29, 0.717) is 10.8 Å². The van der Waals surface area contributed by atoms with E-state index >= 15 is 0 Å². The van der Waals surface area contributed by atoms with E-state index < -0.39 is 0 Å². The molecule has 0 bridgehead atoms. The molecule has 17 heavy (non-hydrogen) atoms. The fraction of sp³-hybridized carbons (Fsp3) is 0.733. The standard InChI is InChI=1S/C15H23NO/c1-14(2)5-3-4-13(10-14)16-8-6-15(11-16)7-9-17-12-15/h3-4,10H,5-9,11-12H2,1-2H3. The van der Waals surface area contributed by atoms with E-state index in [2.05, 4.69) is 37.0 Å². The summed E-state index contributed by atoms with van der Waals surface area (Å²) in [6, 6.07) is 0. The van der Waals surface area contributed by atoms with Crippen LogP contribution in [0.1, 0.15) is 33.1 Å². The van der Waals surface area contributed by atoms with E-state index in [0.717, 1.165) is 13.2 Å². The molecule has 2 aliphatic heterocycles. The number of ether oxygens (including phenoxy) is 1. The van der Waals surface area contributed by atoms with Crippen molar-refractivity contribution in [2.24, 2.45) is 10.8 Å². The van der Waals surface area contributed by atoms with Gasteiger partial charge in [-0.3, -0.25) is 0 Å². The van der Waals surface area contributed by atoms with Gasteiger partial charge in [-0.25, -0.2) is 0 Å². The SMILES string of the molecule is CC1(C)C=C(N2CCC3(CCOC3)C2)C=CC1. The second-order valence-corrected chi connectivity index (χ2v) is 6.64. The van der Waals surface area contributed by atoms with Gasteiger partial charge < -0.3 is 9.64 Å². The molecule has 0 radical (unpaired) electrons. The number of allylic oxidation sites excluding steroid dienone is 3. The van der Waals surface area contributed by atoms with Crippen LogP contribution in [0.3, 0.4) is 0 Å². The number of likely N-dealkylation sites (tertiary alicyclic amines) is 1. The molecular formula is C15H23NO. The lowest BCUT2D eigenvalue weighted by molar-refractivity contribution is 0.155. The molecule has 0 aromatic rings. The van der Waals surface area contributed by atoms with E-state index in [1.165, 1.54) is 38.0 Å². The smallest absolute Gasteiger partial charge is 0.0540 e. The highest BCUT2D eigenvalue weighted by molar-refractivity contribution is 5.26. The van der Waals surface area contributed by atoms with E-state index in [9.17, 15) is 0 Å². The van der Waals surface area contributed by atoms with Crippen LogP contribution in [0.4, 0.5) is 0 Å². The summed E-state index contributed by atoms with van der Waals surface area (Å²) in [5, 5.41) is 0. The first-order chi connectivity index (χ1) is 8.09. The van der Waals surface area contributed by atoms with Crippen molar-refractivity contribution in [3.05, 3.63) is 23.9 Å². The third-order valence-electron chi connectivity index (χ3n) is 4.46. The first kappa shape index (κ1) is 11.3. The highest BCUT2D eigenvalue weighted by atomic mass is 16.5. The average Bonchev–Trinajstić information content (AvgIpc) is 2.88. The Labute approximate surface area is 104 Å². The molecule has 2 saturated heterocycles. The fourth-order valence-corrected chi connectivity index (χ4v) is 3.31. The molecule has 0 saturated carbocycles. The zero-order valence-corrected chi connectivity index (χ0v) is 11.0. The van der Waals surface area contributed by atoms with Gasteiger partial charge in [-0.05, 0) is 30.8 Å². The van der Waals surface area contributed by atoms with Crippen LogP contribution in [0.2, 0.25) is 0 Å². The molecule has 0 aromatic carbocycles. The summed E-state index contributed by atoms with van der Waals surface area (Å²) in [5.74, 6) is 0. The van der Waals surface area contributed by atoms with Crippen molar-refractivity contribution in [2.45, 2.75) is 33.1 Å². The van der Waals surface area contributed by atoms with E-state index in [1.54, 1.807) is 0 Å². The molecule has 0 N–H and O–H groups in total. The molecule has 2 fully saturated rings. The van der Waals surface area contributed by atoms with Crippen molar-refractivity contribution in [3.63, 3.8) is 0 Å². The van der Waals surface area contributed by atoms with Gasteiger partial charge in [-0.15, -0.1) is 0 Å². The van der Waals surface area contributed by atoms with Crippen LogP contribution in [0.25, 0.3) is 0 Å². The molecule has 2 heterocycles. The Morgan fingerprint density at radius 2 is 2.18 bits per heavy atom. The second-order valence-electron chi connectivity index (χ2n) is 6.64. The lowest BCUT2D eigenvalue weighted by Gasteiger charge is -2.30. The molecule has 2 nitrogen and oxygen atoms in total. The van der Waals surface area contributed by atoms with Gasteiger partial charge in [0.25, 0.3) is 0 Å². The first-order valence-corrected chi connectivity index (χ1v) is 6.81. The predicted octanol–water partition coefficient (Wildman–Crippen LogP) is 2.97. The highest BCUT2D eigenvalue weighted by Gasteiger charge is 2.41. The monoisotopic (exact) mass is 233 g/mol. The Morgan fingerprint density at radius 1 is 1.29 bits per heavy atom. The van der Waals surface area contributed by atoms with Gasteiger partial charge >= 0.3 is 0 Å². The Balaban J connectivity index is 1.74. The molecule has 1 spiro atoms. The number of rotatable bonds is 1. The lowest BCUT2D eigenvalue weighted by Crippen LogP contribution is -2.28. The second kappa shape index (κ2) is 3.88. The van der Waals surface area contributed by atoms with Crippen LogP contribution in [0.15, 0.2) is 23.9 Å². The molecule has 0 amide bonds. The van der Waals surface area contributed by atoms with Gasteiger partial charge in [0.05, 0.1) is 6.61 Å². The average molecular weight is 233 g/mol. The van der Waals surface area contributed by atoms with Crippen LogP contribution in [-0.4, -0.2) is 31.2 Å². The van der Waals surface area contributed by atoms with Crippen LogP contribution in [0.5, 0.6) is 0 Å². The van der Waals surface area contributed by atoms with Gasteiger partial charge in [0.15, 0.2) is 0 Å². The Bertz CT molecular complexity index is 361. The van der Waals surface area contributed by atoms with Gasteiger partial charge in [-0.1, -0.05) is 26.0 Å². The van der Waals surface area contributed by atoms with Crippen molar-refractivity contribution in [1.82, 2.24) is 4.90 Å². The molecule has 0 aromatic heterocycles. The Morgan fingerprint density at radius 3 is 2.88 bits per heavy atom. The maximum absolute atomic E-state index is 5.59. The topological polar surface area (TPSA) is 12.5 Å². The fourth-order valence-electron chi connectivity index (χ4n) is 3.31. The van der Waals surface area contributed by atoms with Crippen molar-refractivity contribution < 1.29 is 4.74 Å².